The van der Waals surface area contributed by atoms with E-state index in [0.717, 1.165) is 12.8 Å². The van der Waals surface area contributed by atoms with Crippen LogP contribution >= 0.6 is 11.6 Å². The molecular formula is C12H12ClN3O3S. The molecule has 0 amide bonds. The first-order valence-corrected chi connectivity index (χ1v) is 7.89. The van der Waals surface area contributed by atoms with Crippen LogP contribution in [-0.2, 0) is 10.0 Å². The summed E-state index contributed by atoms with van der Waals surface area (Å²) in [5, 5.41) is 0.167. The molecule has 6 nitrogen and oxygen atoms in total. The fourth-order valence-electron chi connectivity index (χ4n) is 1.93. The molecule has 0 bridgehead atoms. The summed E-state index contributed by atoms with van der Waals surface area (Å²) in [6.45, 7) is 1.85. The van der Waals surface area contributed by atoms with Crippen molar-refractivity contribution < 1.29 is 8.42 Å². The first-order chi connectivity index (χ1) is 9.29. The molecule has 1 aromatic heterocycles. The predicted octanol–water partition coefficient (Wildman–Crippen LogP) is 1.41. The topological polar surface area (TPSA) is 91.9 Å². The maximum atomic E-state index is 12.2. The van der Waals surface area contributed by atoms with Gasteiger partial charge in [0.25, 0.3) is 5.56 Å². The van der Waals surface area contributed by atoms with E-state index in [1.165, 1.54) is 18.2 Å². The van der Waals surface area contributed by atoms with E-state index in [-0.39, 0.29) is 21.1 Å². The lowest BCUT2D eigenvalue weighted by molar-refractivity contribution is 0.558. The van der Waals surface area contributed by atoms with Crippen molar-refractivity contribution in [2.45, 2.75) is 30.2 Å². The van der Waals surface area contributed by atoms with E-state index in [1.807, 2.05) is 6.92 Å². The lowest BCUT2D eigenvalue weighted by atomic mass is 10.2. The normalized spacial score (nSPS) is 17.3. The standard InChI is InChI=1S/C12H12ClN3O3S/c1-12(4-5-12)16-20(18,19)7-2-3-9-8(6-7)10(17)15-11(13)14-9/h2-3,6,16H,4-5H2,1H3,(H,14,15,17). The number of nitrogens with zero attached hydrogens (tertiary/aromatic N) is 1. The van der Waals surface area contributed by atoms with E-state index < -0.39 is 15.6 Å². The number of nitrogens with one attached hydrogen (secondary N) is 2. The van der Waals surface area contributed by atoms with Crippen LogP contribution in [0.2, 0.25) is 5.28 Å². The van der Waals surface area contributed by atoms with E-state index >= 15 is 0 Å². The number of sulfonamides is 1. The highest BCUT2D eigenvalue weighted by molar-refractivity contribution is 7.89. The Morgan fingerprint density at radius 1 is 1.40 bits per heavy atom. The molecule has 0 aliphatic heterocycles. The molecule has 0 radical (unpaired) electrons. The first-order valence-electron chi connectivity index (χ1n) is 6.03. The Bertz CT molecular complexity index is 856. The quantitative estimate of drug-likeness (QED) is 0.838. The Balaban J connectivity index is 2.11. The molecule has 0 unspecified atom stereocenters. The highest BCUT2D eigenvalue weighted by Gasteiger charge is 2.41. The van der Waals surface area contributed by atoms with Crippen LogP contribution in [0.15, 0.2) is 27.9 Å². The maximum absolute atomic E-state index is 12.2. The number of aromatic amines is 1. The van der Waals surface area contributed by atoms with E-state index in [1.54, 1.807) is 0 Å². The van der Waals surface area contributed by atoms with Crippen molar-refractivity contribution in [2.24, 2.45) is 0 Å². The van der Waals surface area contributed by atoms with Crippen LogP contribution in [0.25, 0.3) is 10.9 Å². The van der Waals surface area contributed by atoms with Crippen molar-refractivity contribution >= 4 is 32.5 Å². The highest BCUT2D eigenvalue weighted by atomic mass is 35.5. The summed E-state index contributed by atoms with van der Waals surface area (Å²) in [7, 11) is -3.64. The minimum absolute atomic E-state index is 0.0262. The maximum Gasteiger partial charge on any atom is 0.259 e. The second kappa shape index (κ2) is 4.28. The number of hydrogen-bond acceptors (Lipinski definition) is 4. The van der Waals surface area contributed by atoms with Gasteiger partial charge in [0.05, 0.1) is 15.8 Å². The molecule has 2 aromatic rings. The van der Waals surface area contributed by atoms with E-state index in [2.05, 4.69) is 14.7 Å². The molecule has 20 heavy (non-hydrogen) atoms. The van der Waals surface area contributed by atoms with Crippen LogP contribution in [0, 0.1) is 0 Å². The van der Waals surface area contributed by atoms with Gasteiger partial charge in [0, 0.05) is 5.54 Å². The van der Waals surface area contributed by atoms with E-state index in [0.29, 0.717) is 5.52 Å². The van der Waals surface area contributed by atoms with Crippen molar-refractivity contribution in [1.82, 2.24) is 14.7 Å². The first kappa shape index (κ1) is 13.5. The fraction of sp³-hybridized carbons (Fsp3) is 0.333. The summed E-state index contributed by atoms with van der Waals surface area (Å²) in [6.07, 6.45) is 1.63. The van der Waals surface area contributed by atoms with Crippen LogP contribution in [0.1, 0.15) is 19.8 Å². The second-order valence-corrected chi connectivity index (χ2v) is 7.24. The third-order valence-electron chi connectivity index (χ3n) is 3.34. The lowest BCUT2D eigenvalue weighted by Gasteiger charge is -2.12. The molecule has 1 saturated carbocycles. The zero-order valence-electron chi connectivity index (χ0n) is 10.6. The zero-order valence-corrected chi connectivity index (χ0v) is 12.2. The molecule has 0 atom stereocenters. The summed E-state index contributed by atoms with van der Waals surface area (Å²) >= 11 is 5.65. The molecule has 1 fully saturated rings. The average molecular weight is 314 g/mol. The molecule has 1 aliphatic rings. The van der Waals surface area contributed by atoms with Crippen LogP contribution in [0.3, 0.4) is 0 Å². The summed E-state index contributed by atoms with van der Waals surface area (Å²) in [4.78, 5) is 18.1. The van der Waals surface area contributed by atoms with Gasteiger partial charge in [0.15, 0.2) is 0 Å². The molecule has 8 heteroatoms. The number of fused-ring (bicyclic) bond motifs is 1. The number of H-pyrrole nitrogens is 1. The fourth-order valence-corrected chi connectivity index (χ4v) is 3.60. The second-order valence-electron chi connectivity index (χ2n) is 5.20. The molecule has 0 saturated heterocycles. The van der Waals surface area contributed by atoms with Crippen LogP contribution in [0.5, 0.6) is 0 Å². The van der Waals surface area contributed by atoms with Crippen LogP contribution < -0.4 is 10.3 Å². The predicted molar refractivity (Wildman–Crippen MR) is 75.3 cm³/mol. The van der Waals surface area contributed by atoms with Gasteiger partial charge in [0.1, 0.15) is 0 Å². The number of hydrogen-bond donors (Lipinski definition) is 2. The summed E-state index contributed by atoms with van der Waals surface area (Å²) < 4.78 is 27.1. The van der Waals surface area contributed by atoms with E-state index in [4.69, 9.17) is 11.6 Å². The number of aromatic nitrogens is 2. The lowest BCUT2D eigenvalue weighted by Crippen LogP contribution is -2.34. The summed E-state index contributed by atoms with van der Waals surface area (Å²) in [5.41, 5.74) is -0.469. The molecular weight excluding hydrogens is 302 g/mol. The van der Waals surface area contributed by atoms with Gasteiger partial charge in [-0.05, 0) is 49.6 Å². The van der Waals surface area contributed by atoms with Crippen molar-refractivity contribution in [3.63, 3.8) is 0 Å². The minimum atomic E-state index is -3.64. The molecule has 1 aromatic carbocycles. The Labute approximate surface area is 120 Å². The van der Waals surface area contributed by atoms with Crippen LogP contribution in [-0.4, -0.2) is 23.9 Å². The Morgan fingerprint density at radius 2 is 2.10 bits per heavy atom. The number of rotatable bonds is 3. The van der Waals surface area contributed by atoms with Crippen molar-refractivity contribution in [2.75, 3.05) is 0 Å². The van der Waals surface area contributed by atoms with Gasteiger partial charge in [-0.2, -0.15) is 0 Å². The Hall–Kier alpha value is -1.44. The zero-order chi connectivity index (χ0) is 14.5. The van der Waals surface area contributed by atoms with Gasteiger partial charge in [-0.3, -0.25) is 9.78 Å². The Kier molecular flexibility index (Phi) is 2.89. The molecule has 106 valence electrons. The van der Waals surface area contributed by atoms with Gasteiger partial charge >= 0.3 is 0 Å². The smallest absolute Gasteiger partial charge is 0.259 e. The Morgan fingerprint density at radius 3 is 2.75 bits per heavy atom. The summed E-state index contributed by atoms with van der Waals surface area (Å²) in [6, 6.07) is 4.20. The molecule has 0 spiro atoms. The SMILES string of the molecule is CC1(NS(=O)(=O)c2ccc3nc(Cl)[nH]c(=O)c3c2)CC1. The third kappa shape index (κ3) is 2.44. The van der Waals surface area contributed by atoms with Crippen LogP contribution in [0.4, 0.5) is 0 Å². The molecule has 2 N–H and O–H groups in total. The van der Waals surface area contributed by atoms with Gasteiger partial charge in [-0.1, -0.05) is 0 Å². The van der Waals surface area contributed by atoms with E-state index in [9.17, 15) is 13.2 Å². The highest BCUT2D eigenvalue weighted by Crippen LogP contribution is 2.36. The summed E-state index contributed by atoms with van der Waals surface area (Å²) in [5.74, 6) is 0. The van der Waals surface area contributed by atoms with Crippen molar-refractivity contribution in [3.8, 4) is 0 Å². The third-order valence-corrected chi connectivity index (χ3v) is 5.15. The number of benzene rings is 1. The average Bonchev–Trinajstić information content (AvgIpc) is 3.05. The molecule has 3 rings (SSSR count). The van der Waals surface area contributed by atoms with Gasteiger partial charge in [0.2, 0.25) is 15.3 Å². The van der Waals surface area contributed by atoms with Gasteiger partial charge in [-0.15, -0.1) is 0 Å². The van der Waals surface area contributed by atoms with Crippen molar-refractivity contribution in [1.29, 1.82) is 0 Å². The van der Waals surface area contributed by atoms with Gasteiger partial charge in [-0.25, -0.2) is 18.1 Å². The van der Waals surface area contributed by atoms with Gasteiger partial charge < -0.3 is 0 Å². The van der Waals surface area contributed by atoms with Crippen molar-refractivity contribution in [3.05, 3.63) is 33.8 Å². The molecule has 1 heterocycles. The largest absolute Gasteiger partial charge is 0.297 e. The molecule has 1 aliphatic carbocycles. The minimum Gasteiger partial charge on any atom is -0.297 e. The number of halogens is 1. The monoisotopic (exact) mass is 313 g/mol.